The summed E-state index contributed by atoms with van der Waals surface area (Å²) in [4.78, 5) is 24.9. The second-order valence-corrected chi connectivity index (χ2v) is 6.11. The molecule has 9 heteroatoms. The van der Waals surface area contributed by atoms with Gasteiger partial charge in [0.05, 0.1) is 25.4 Å². The number of ether oxygens (including phenoxy) is 1. The molecule has 1 aliphatic rings. The van der Waals surface area contributed by atoms with Crippen molar-refractivity contribution < 1.29 is 9.53 Å². The van der Waals surface area contributed by atoms with Crippen LogP contribution in [0.25, 0.3) is 5.78 Å². The van der Waals surface area contributed by atoms with Crippen molar-refractivity contribution in [3.63, 3.8) is 0 Å². The van der Waals surface area contributed by atoms with Gasteiger partial charge in [-0.1, -0.05) is 5.92 Å². The van der Waals surface area contributed by atoms with Gasteiger partial charge in [-0.3, -0.25) is 9.69 Å². The molecule has 0 unspecified atom stereocenters. The van der Waals surface area contributed by atoms with Crippen LogP contribution < -0.4 is 10.2 Å². The monoisotopic (exact) mass is 357 g/mol. The van der Waals surface area contributed by atoms with E-state index in [0.717, 1.165) is 44.1 Å². The molecule has 1 fully saturated rings. The fraction of sp³-hybridized carbons (Fsp3) is 0.529. The number of terminal acetylenes is 1. The SMILES string of the molecule is C#CCNC(=O)CN1CCCN(c2cc(COC)nc3ncnn23)CC1. The van der Waals surface area contributed by atoms with Gasteiger partial charge >= 0.3 is 0 Å². The van der Waals surface area contributed by atoms with Crippen LogP contribution in [0.4, 0.5) is 5.82 Å². The van der Waals surface area contributed by atoms with E-state index in [1.54, 1.807) is 11.6 Å². The third kappa shape index (κ3) is 4.28. The molecule has 9 nitrogen and oxygen atoms in total. The van der Waals surface area contributed by atoms with Crippen molar-refractivity contribution in [3.8, 4) is 12.3 Å². The van der Waals surface area contributed by atoms with Gasteiger partial charge in [-0.05, 0) is 6.42 Å². The summed E-state index contributed by atoms with van der Waals surface area (Å²) in [7, 11) is 1.64. The first-order chi connectivity index (χ1) is 12.7. The molecule has 0 saturated carbocycles. The first-order valence-corrected chi connectivity index (χ1v) is 8.57. The van der Waals surface area contributed by atoms with Crippen LogP contribution in [0, 0.1) is 12.3 Å². The predicted octanol–water partition coefficient (Wildman–Crippen LogP) is -0.468. The Labute approximate surface area is 152 Å². The molecule has 1 aliphatic heterocycles. The van der Waals surface area contributed by atoms with Gasteiger partial charge in [-0.25, -0.2) is 4.98 Å². The van der Waals surface area contributed by atoms with E-state index >= 15 is 0 Å². The number of carbonyl (C=O) groups is 1. The summed E-state index contributed by atoms with van der Waals surface area (Å²) in [6.45, 7) is 4.34. The average Bonchev–Trinajstić information content (AvgIpc) is 2.99. The lowest BCUT2D eigenvalue weighted by molar-refractivity contribution is -0.121. The molecule has 2 aromatic heterocycles. The highest BCUT2D eigenvalue weighted by molar-refractivity contribution is 5.78. The molecule has 0 aliphatic carbocycles. The molecule has 0 aromatic carbocycles. The third-order valence-corrected chi connectivity index (χ3v) is 4.25. The summed E-state index contributed by atoms with van der Waals surface area (Å²) in [6, 6.07) is 1.99. The number of nitrogens with zero attached hydrogens (tertiary/aromatic N) is 6. The smallest absolute Gasteiger partial charge is 0.254 e. The Bertz CT molecular complexity index is 798. The predicted molar refractivity (Wildman–Crippen MR) is 96.6 cm³/mol. The van der Waals surface area contributed by atoms with Gasteiger partial charge in [-0.2, -0.15) is 14.6 Å². The van der Waals surface area contributed by atoms with Crippen LogP contribution in [-0.4, -0.2) is 76.8 Å². The van der Waals surface area contributed by atoms with E-state index in [9.17, 15) is 4.79 Å². The highest BCUT2D eigenvalue weighted by Gasteiger charge is 2.20. The van der Waals surface area contributed by atoms with Crippen LogP contribution in [0.1, 0.15) is 12.1 Å². The van der Waals surface area contributed by atoms with E-state index in [4.69, 9.17) is 11.2 Å². The van der Waals surface area contributed by atoms with Crippen molar-refractivity contribution in [2.75, 3.05) is 51.3 Å². The summed E-state index contributed by atoms with van der Waals surface area (Å²) in [5, 5.41) is 7.00. The minimum atomic E-state index is -0.0404. The summed E-state index contributed by atoms with van der Waals surface area (Å²) < 4.78 is 6.95. The van der Waals surface area contributed by atoms with Crippen molar-refractivity contribution in [2.45, 2.75) is 13.0 Å². The quantitative estimate of drug-likeness (QED) is 0.700. The molecule has 1 N–H and O–H groups in total. The number of hydrogen-bond donors (Lipinski definition) is 1. The molecule has 1 amide bonds. The Morgan fingerprint density at radius 2 is 2.27 bits per heavy atom. The van der Waals surface area contributed by atoms with Crippen molar-refractivity contribution in [3.05, 3.63) is 18.1 Å². The standard InChI is InChI=1S/C17H23N7O2/c1-3-5-18-15(25)11-22-6-4-7-23(9-8-22)16-10-14(12-26-2)21-17-19-13-20-24(16)17/h1,10,13H,4-9,11-12H2,2H3,(H,18,25). The summed E-state index contributed by atoms with van der Waals surface area (Å²) in [5.41, 5.74) is 0.817. The van der Waals surface area contributed by atoms with Crippen LogP contribution in [0.15, 0.2) is 12.4 Å². The van der Waals surface area contributed by atoms with E-state index in [0.29, 0.717) is 18.9 Å². The van der Waals surface area contributed by atoms with E-state index in [2.05, 4.69) is 36.1 Å². The molecule has 0 spiro atoms. The zero-order valence-electron chi connectivity index (χ0n) is 14.9. The lowest BCUT2D eigenvalue weighted by atomic mass is 10.3. The minimum absolute atomic E-state index is 0.0404. The fourth-order valence-corrected chi connectivity index (χ4v) is 3.06. The van der Waals surface area contributed by atoms with Crippen LogP contribution in [0.2, 0.25) is 0 Å². The van der Waals surface area contributed by atoms with Crippen molar-refractivity contribution in [1.29, 1.82) is 0 Å². The Morgan fingerprint density at radius 3 is 3.08 bits per heavy atom. The number of hydrogen-bond acceptors (Lipinski definition) is 7. The molecular formula is C17H23N7O2. The molecule has 2 aromatic rings. The largest absolute Gasteiger partial charge is 0.378 e. The Balaban J connectivity index is 1.71. The van der Waals surface area contributed by atoms with Gasteiger partial charge in [0.25, 0.3) is 5.78 Å². The van der Waals surface area contributed by atoms with Gasteiger partial charge in [0.15, 0.2) is 0 Å². The number of fused-ring (bicyclic) bond motifs is 1. The Morgan fingerprint density at radius 1 is 1.38 bits per heavy atom. The normalized spacial score (nSPS) is 15.6. The topological polar surface area (TPSA) is 87.9 Å². The molecule has 0 radical (unpaired) electrons. The summed E-state index contributed by atoms with van der Waals surface area (Å²) >= 11 is 0. The van der Waals surface area contributed by atoms with Gasteiger partial charge in [0.1, 0.15) is 12.1 Å². The maximum atomic E-state index is 11.9. The minimum Gasteiger partial charge on any atom is -0.378 e. The fourth-order valence-electron chi connectivity index (χ4n) is 3.06. The molecule has 0 atom stereocenters. The van der Waals surface area contributed by atoms with E-state index in [1.165, 1.54) is 6.33 Å². The molecule has 3 rings (SSSR count). The first-order valence-electron chi connectivity index (χ1n) is 8.57. The lowest BCUT2D eigenvalue weighted by Crippen LogP contribution is -2.39. The van der Waals surface area contributed by atoms with Gasteiger partial charge in [-0.15, -0.1) is 6.42 Å². The summed E-state index contributed by atoms with van der Waals surface area (Å²) in [6.07, 6.45) is 7.62. The van der Waals surface area contributed by atoms with Crippen LogP contribution >= 0.6 is 0 Å². The van der Waals surface area contributed by atoms with Crippen molar-refractivity contribution in [2.24, 2.45) is 0 Å². The van der Waals surface area contributed by atoms with Crippen molar-refractivity contribution >= 4 is 17.5 Å². The summed E-state index contributed by atoms with van der Waals surface area (Å²) in [5.74, 6) is 3.88. The van der Waals surface area contributed by atoms with E-state index in [1.807, 2.05) is 6.07 Å². The first kappa shape index (κ1) is 18.1. The molecule has 0 bridgehead atoms. The molecule has 3 heterocycles. The van der Waals surface area contributed by atoms with Crippen molar-refractivity contribution in [1.82, 2.24) is 29.8 Å². The van der Waals surface area contributed by atoms with Gasteiger partial charge in [0, 0.05) is 39.4 Å². The Hall–Kier alpha value is -2.70. The van der Waals surface area contributed by atoms with Gasteiger partial charge < -0.3 is 15.0 Å². The van der Waals surface area contributed by atoms with Crippen LogP contribution in [-0.2, 0) is 16.1 Å². The highest BCUT2D eigenvalue weighted by Crippen LogP contribution is 2.18. The zero-order valence-corrected chi connectivity index (χ0v) is 14.9. The number of carbonyl (C=O) groups excluding carboxylic acids is 1. The number of rotatable bonds is 6. The second-order valence-electron chi connectivity index (χ2n) is 6.11. The third-order valence-electron chi connectivity index (χ3n) is 4.25. The van der Waals surface area contributed by atoms with E-state index < -0.39 is 0 Å². The number of aromatic nitrogens is 4. The number of amides is 1. The van der Waals surface area contributed by atoms with E-state index in [-0.39, 0.29) is 12.5 Å². The molecule has 1 saturated heterocycles. The van der Waals surface area contributed by atoms with Crippen LogP contribution in [0.5, 0.6) is 0 Å². The average molecular weight is 357 g/mol. The number of nitrogens with one attached hydrogen (secondary N) is 1. The maximum absolute atomic E-state index is 11.9. The number of methoxy groups -OCH3 is 1. The van der Waals surface area contributed by atoms with Crippen LogP contribution in [0.3, 0.4) is 0 Å². The zero-order chi connectivity index (χ0) is 18.4. The number of anilines is 1. The molecule has 26 heavy (non-hydrogen) atoms. The maximum Gasteiger partial charge on any atom is 0.254 e. The Kier molecular flexibility index (Phi) is 5.99. The van der Waals surface area contributed by atoms with Gasteiger partial charge in [0.2, 0.25) is 5.91 Å². The second kappa shape index (κ2) is 8.60. The lowest BCUT2D eigenvalue weighted by Gasteiger charge is -2.24. The highest BCUT2D eigenvalue weighted by atomic mass is 16.5. The molecular weight excluding hydrogens is 334 g/mol. The molecule has 138 valence electrons.